The van der Waals surface area contributed by atoms with Crippen LogP contribution in [0, 0.1) is 6.92 Å². The highest BCUT2D eigenvalue weighted by Crippen LogP contribution is 2.17. The van der Waals surface area contributed by atoms with Crippen LogP contribution in [0.15, 0.2) is 34.9 Å². The molecule has 0 saturated heterocycles. The summed E-state index contributed by atoms with van der Waals surface area (Å²) in [5.41, 5.74) is 2.07. The van der Waals surface area contributed by atoms with Crippen LogP contribution in [0.5, 0.6) is 5.75 Å². The maximum atomic E-state index is 5.57. The molecule has 0 atom stereocenters. The first-order valence-corrected chi connectivity index (χ1v) is 6.13. The standard InChI is InChI=1S/C14H18N2O2.ClH/c1-3-17-14-7-5-4-6-12(14)9-15-10-13-8-11(2)18-16-13;/h4-8,15H,3,9-10H2,1-2H3;1H. The van der Waals surface area contributed by atoms with Gasteiger partial charge in [-0.2, -0.15) is 0 Å². The van der Waals surface area contributed by atoms with Gasteiger partial charge in [0.15, 0.2) is 0 Å². The van der Waals surface area contributed by atoms with E-state index in [4.69, 9.17) is 9.26 Å². The van der Waals surface area contributed by atoms with E-state index in [-0.39, 0.29) is 12.4 Å². The van der Waals surface area contributed by atoms with E-state index < -0.39 is 0 Å². The Morgan fingerprint density at radius 1 is 1.26 bits per heavy atom. The van der Waals surface area contributed by atoms with Crippen molar-refractivity contribution in [3.05, 3.63) is 47.3 Å². The summed E-state index contributed by atoms with van der Waals surface area (Å²) in [5.74, 6) is 1.77. The smallest absolute Gasteiger partial charge is 0.133 e. The predicted octanol–water partition coefficient (Wildman–Crippen LogP) is 3.09. The minimum atomic E-state index is 0. The van der Waals surface area contributed by atoms with Crippen LogP contribution >= 0.6 is 12.4 Å². The van der Waals surface area contributed by atoms with Gasteiger partial charge in [-0.3, -0.25) is 0 Å². The van der Waals surface area contributed by atoms with E-state index in [1.165, 1.54) is 0 Å². The lowest BCUT2D eigenvalue weighted by Crippen LogP contribution is -2.13. The predicted molar refractivity (Wildman–Crippen MR) is 76.6 cm³/mol. The molecule has 2 aromatic rings. The van der Waals surface area contributed by atoms with Gasteiger partial charge in [0.2, 0.25) is 0 Å². The van der Waals surface area contributed by atoms with Crippen molar-refractivity contribution in [2.75, 3.05) is 6.61 Å². The highest BCUT2D eigenvalue weighted by atomic mass is 35.5. The average Bonchev–Trinajstić information content (AvgIpc) is 2.78. The minimum Gasteiger partial charge on any atom is -0.494 e. The highest BCUT2D eigenvalue weighted by molar-refractivity contribution is 5.85. The molecular weight excluding hydrogens is 264 g/mol. The first-order chi connectivity index (χ1) is 8.79. The van der Waals surface area contributed by atoms with E-state index in [1.54, 1.807) is 0 Å². The second-order valence-electron chi connectivity index (χ2n) is 4.07. The van der Waals surface area contributed by atoms with Crippen molar-refractivity contribution in [1.29, 1.82) is 0 Å². The third-order valence-corrected chi connectivity index (χ3v) is 2.57. The summed E-state index contributed by atoms with van der Waals surface area (Å²) in [6.45, 7) is 6.00. The van der Waals surface area contributed by atoms with Gasteiger partial charge in [-0.05, 0) is 19.9 Å². The highest BCUT2D eigenvalue weighted by Gasteiger charge is 2.03. The molecule has 19 heavy (non-hydrogen) atoms. The third kappa shape index (κ3) is 4.58. The molecule has 0 saturated carbocycles. The molecule has 0 unspecified atom stereocenters. The molecule has 0 aliphatic carbocycles. The zero-order valence-corrected chi connectivity index (χ0v) is 12.0. The average molecular weight is 283 g/mol. The second kappa shape index (κ2) is 7.81. The van der Waals surface area contributed by atoms with E-state index in [2.05, 4.69) is 16.5 Å². The van der Waals surface area contributed by atoms with Gasteiger partial charge in [-0.25, -0.2) is 0 Å². The van der Waals surface area contributed by atoms with Gasteiger partial charge >= 0.3 is 0 Å². The first-order valence-electron chi connectivity index (χ1n) is 6.13. The molecule has 0 amide bonds. The van der Waals surface area contributed by atoms with Crippen LogP contribution in [0.1, 0.15) is 23.9 Å². The summed E-state index contributed by atoms with van der Waals surface area (Å²) < 4.78 is 10.6. The summed E-state index contributed by atoms with van der Waals surface area (Å²) in [4.78, 5) is 0. The summed E-state index contributed by atoms with van der Waals surface area (Å²) >= 11 is 0. The summed E-state index contributed by atoms with van der Waals surface area (Å²) in [7, 11) is 0. The van der Waals surface area contributed by atoms with E-state index in [0.717, 1.165) is 29.3 Å². The molecule has 1 aromatic heterocycles. The number of nitrogens with zero attached hydrogens (tertiary/aromatic N) is 1. The fourth-order valence-corrected chi connectivity index (χ4v) is 1.77. The van der Waals surface area contributed by atoms with Crippen molar-refractivity contribution < 1.29 is 9.26 Å². The molecule has 4 nitrogen and oxygen atoms in total. The number of ether oxygens (including phenoxy) is 1. The second-order valence-corrected chi connectivity index (χ2v) is 4.07. The molecule has 104 valence electrons. The summed E-state index contributed by atoms with van der Waals surface area (Å²) in [5, 5.41) is 7.26. The number of aryl methyl sites for hydroxylation is 1. The number of hydrogen-bond donors (Lipinski definition) is 1. The summed E-state index contributed by atoms with van der Waals surface area (Å²) in [6, 6.07) is 9.98. The van der Waals surface area contributed by atoms with E-state index >= 15 is 0 Å². The molecule has 5 heteroatoms. The Hall–Kier alpha value is -1.52. The maximum absolute atomic E-state index is 5.57. The third-order valence-electron chi connectivity index (χ3n) is 2.57. The largest absolute Gasteiger partial charge is 0.494 e. The van der Waals surface area contributed by atoms with Crippen LogP contribution in [0.4, 0.5) is 0 Å². The van der Waals surface area contributed by atoms with Crippen molar-refractivity contribution >= 4 is 12.4 Å². The molecule has 1 heterocycles. The molecule has 0 aliphatic heterocycles. The fourth-order valence-electron chi connectivity index (χ4n) is 1.77. The lowest BCUT2D eigenvalue weighted by Gasteiger charge is -2.10. The van der Waals surface area contributed by atoms with Crippen molar-refractivity contribution in [1.82, 2.24) is 10.5 Å². The van der Waals surface area contributed by atoms with Gasteiger partial charge in [0.25, 0.3) is 0 Å². The van der Waals surface area contributed by atoms with E-state index in [9.17, 15) is 0 Å². The Morgan fingerprint density at radius 3 is 2.74 bits per heavy atom. The normalized spacial score (nSPS) is 10.0. The van der Waals surface area contributed by atoms with Crippen LogP contribution in [0.25, 0.3) is 0 Å². The topological polar surface area (TPSA) is 47.3 Å². The molecule has 0 fully saturated rings. The Morgan fingerprint density at radius 2 is 2.05 bits per heavy atom. The van der Waals surface area contributed by atoms with Crippen LogP contribution in [0.2, 0.25) is 0 Å². The zero-order chi connectivity index (χ0) is 12.8. The van der Waals surface area contributed by atoms with Gasteiger partial charge in [-0.15, -0.1) is 12.4 Å². The zero-order valence-electron chi connectivity index (χ0n) is 11.2. The molecule has 1 N–H and O–H groups in total. The molecule has 0 bridgehead atoms. The van der Waals surface area contributed by atoms with Crippen LogP contribution < -0.4 is 10.1 Å². The summed E-state index contributed by atoms with van der Waals surface area (Å²) in [6.07, 6.45) is 0. The monoisotopic (exact) mass is 282 g/mol. The van der Waals surface area contributed by atoms with Crippen molar-refractivity contribution in [3.8, 4) is 5.75 Å². The number of aromatic nitrogens is 1. The Labute approximate surface area is 119 Å². The lowest BCUT2D eigenvalue weighted by atomic mass is 10.2. The minimum absolute atomic E-state index is 0. The molecule has 1 aromatic carbocycles. The number of benzene rings is 1. The number of nitrogens with one attached hydrogen (secondary N) is 1. The molecular formula is C14H19ClN2O2. The van der Waals surface area contributed by atoms with Crippen molar-refractivity contribution in [2.24, 2.45) is 0 Å². The SMILES string of the molecule is CCOc1ccccc1CNCc1cc(C)on1.Cl. The Bertz CT molecular complexity index is 500. The molecule has 2 rings (SSSR count). The molecule has 0 spiro atoms. The van der Waals surface area contributed by atoms with Crippen LogP contribution in [-0.2, 0) is 13.1 Å². The Kier molecular flexibility index (Phi) is 6.39. The molecule has 0 radical (unpaired) electrons. The quantitative estimate of drug-likeness (QED) is 0.884. The molecule has 0 aliphatic rings. The maximum Gasteiger partial charge on any atom is 0.133 e. The first kappa shape index (κ1) is 15.5. The fraction of sp³-hybridized carbons (Fsp3) is 0.357. The Balaban J connectivity index is 0.00000180. The van der Waals surface area contributed by atoms with Gasteiger partial charge in [0, 0.05) is 24.7 Å². The number of para-hydroxylation sites is 1. The van der Waals surface area contributed by atoms with Gasteiger partial charge < -0.3 is 14.6 Å². The van der Waals surface area contributed by atoms with Crippen LogP contribution in [-0.4, -0.2) is 11.8 Å². The van der Waals surface area contributed by atoms with Crippen LogP contribution in [0.3, 0.4) is 0 Å². The van der Waals surface area contributed by atoms with E-state index in [0.29, 0.717) is 13.2 Å². The number of rotatable bonds is 6. The van der Waals surface area contributed by atoms with E-state index in [1.807, 2.05) is 38.1 Å². The van der Waals surface area contributed by atoms with Crippen molar-refractivity contribution in [3.63, 3.8) is 0 Å². The van der Waals surface area contributed by atoms with Gasteiger partial charge in [-0.1, -0.05) is 23.4 Å². The lowest BCUT2D eigenvalue weighted by molar-refractivity contribution is 0.335. The van der Waals surface area contributed by atoms with Gasteiger partial charge in [0.05, 0.1) is 12.3 Å². The van der Waals surface area contributed by atoms with Gasteiger partial charge in [0.1, 0.15) is 11.5 Å². The van der Waals surface area contributed by atoms with Crippen molar-refractivity contribution in [2.45, 2.75) is 26.9 Å². The number of halogens is 1. The number of hydrogen-bond acceptors (Lipinski definition) is 4.